The first-order chi connectivity index (χ1) is 16.8. The van der Waals surface area contributed by atoms with Crippen molar-refractivity contribution in [3.63, 3.8) is 0 Å². The standard InChI is InChI=1S/C28H35N3O3S/c1-20(2)34-17-7-15-29-27(33)28(3)19-30-24-9-6-5-8-22(24)18-25(30)26(32)31(28)16-14-21-10-12-23(35-4)13-11-21/h5-6,8-13,18,20H,7,14-17,19H2,1-4H3,(H,29,33)/t28-/m0/s1. The molecule has 1 aliphatic rings. The Hall–Kier alpha value is -2.77. The summed E-state index contributed by atoms with van der Waals surface area (Å²) in [5, 5.41) is 4.09. The monoisotopic (exact) mass is 493 g/mol. The number of carbonyl (C=O) groups is 2. The Balaban J connectivity index is 1.58. The van der Waals surface area contributed by atoms with Crippen LogP contribution in [0.15, 0.2) is 59.5 Å². The molecule has 0 saturated carbocycles. The van der Waals surface area contributed by atoms with Gasteiger partial charge in [-0.15, -0.1) is 11.8 Å². The molecule has 0 fully saturated rings. The van der Waals surface area contributed by atoms with Gasteiger partial charge in [0.25, 0.3) is 5.91 Å². The molecule has 0 saturated heterocycles. The van der Waals surface area contributed by atoms with Crippen LogP contribution in [0.2, 0.25) is 0 Å². The molecular weight excluding hydrogens is 458 g/mol. The van der Waals surface area contributed by atoms with Crippen molar-refractivity contribution in [3.8, 4) is 0 Å². The van der Waals surface area contributed by atoms with E-state index in [1.54, 1.807) is 16.7 Å². The number of rotatable bonds is 10. The number of hydrogen-bond acceptors (Lipinski definition) is 4. The molecule has 0 aliphatic carbocycles. The number of ether oxygens (including phenoxy) is 1. The van der Waals surface area contributed by atoms with Crippen LogP contribution in [0.5, 0.6) is 0 Å². The SMILES string of the molecule is CSc1ccc(CCN2C(=O)c3cc4ccccc4n3C[C@@]2(C)C(=O)NCCCOC(C)C)cc1. The van der Waals surface area contributed by atoms with Crippen LogP contribution in [0.3, 0.4) is 0 Å². The Morgan fingerprint density at radius 3 is 2.63 bits per heavy atom. The number of aromatic nitrogens is 1. The number of thioether (sulfide) groups is 1. The number of para-hydroxylation sites is 1. The van der Waals surface area contributed by atoms with Crippen LogP contribution < -0.4 is 5.32 Å². The maximum atomic E-state index is 13.8. The summed E-state index contributed by atoms with van der Waals surface area (Å²) in [5.41, 5.74) is 1.77. The molecule has 0 radical (unpaired) electrons. The highest BCUT2D eigenvalue weighted by atomic mass is 32.2. The third kappa shape index (κ3) is 5.41. The first-order valence-corrected chi connectivity index (χ1v) is 13.5. The molecule has 2 heterocycles. The molecule has 1 atom stereocenters. The fourth-order valence-corrected chi connectivity index (χ4v) is 5.08. The minimum absolute atomic E-state index is 0.103. The Morgan fingerprint density at radius 1 is 1.17 bits per heavy atom. The van der Waals surface area contributed by atoms with Crippen LogP contribution in [0, 0.1) is 0 Å². The summed E-state index contributed by atoms with van der Waals surface area (Å²) in [7, 11) is 0. The Labute approximate surface area is 212 Å². The van der Waals surface area contributed by atoms with Crippen LogP contribution >= 0.6 is 11.8 Å². The molecule has 186 valence electrons. The molecule has 2 aromatic carbocycles. The predicted molar refractivity (Wildman–Crippen MR) is 142 cm³/mol. The lowest BCUT2D eigenvalue weighted by Gasteiger charge is -2.44. The smallest absolute Gasteiger partial charge is 0.271 e. The summed E-state index contributed by atoms with van der Waals surface area (Å²) in [4.78, 5) is 30.3. The average Bonchev–Trinajstić information content (AvgIpc) is 3.22. The zero-order valence-electron chi connectivity index (χ0n) is 21.0. The molecule has 35 heavy (non-hydrogen) atoms. The van der Waals surface area contributed by atoms with Gasteiger partial charge in [-0.05, 0) is 69.7 Å². The number of amides is 2. The second-order valence-electron chi connectivity index (χ2n) is 9.53. The minimum atomic E-state index is -0.996. The van der Waals surface area contributed by atoms with E-state index in [2.05, 4.69) is 35.8 Å². The van der Waals surface area contributed by atoms with E-state index in [4.69, 9.17) is 4.74 Å². The van der Waals surface area contributed by atoms with Crippen molar-refractivity contribution in [2.45, 2.75) is 56.7 Å². The summed E-state index contributed by atoms with van der Waals surface area (Å²) in [5.74, 6) is -0.231. The summed E-state index contributed by atoms with van der Waals surface area (Å²) in [6.45, 7) is 7.88. The predicted octanol–water partition coefficient (Wildman–Crippen LogP) is 4.75. The highest BCUT2D eigenvalue weighted by Crippen LogP contribution is 2.32. The van der Waals surface area contributed by atoms with E-state index in [1.165, 1.54) is 4.90 Å². The Morgan fingerprint density at radius 2 is 1.91 bits per heavy atom. The van der Waals surface area contributed by atoms with Crippen LogP contribution in [-0.4, -0.2) is 58.9 Å². The van der Waals surface area contributed by atoms with Crippen molar-refractivity contribution in [1.82, 2.24) is 14.8 Å². The van der Waals surface area contributed by atoms with Crippen LogP contribution in [0.25, 0.3) is 10.9 Å². The van der Waals surface area contributed by atoms with Crippen molar-refractivity contribution in [2.75, 3.05) is 26.0 Å². The number of fused-ring (bicyclic) bond motifs is 3. The molecule has 4 rings (SSSR count). The lowest BCUT2D eigenvalue weighted by molar-refractivity contribution is -0.132. The van der Waals surface area contributed by atoms with Crippen LogP contribution in [0.1, 0.15) is 43.2 Å². The zero-order valence-corrected chi connectivity index (χ0v) is 21.9. The third-order valence-electron chi connectivity index (χ3n) is 6.67. The molecule has 6 nitrogen and oxygen atoms in total. The molecular formula is C28H35N3O3S. The molecule has 0 bridgehead atoms. The van der Waals surface area contributed by atoms with E-state index in [0.29, 0.717) is 38.4 Å². The van der Waals surface area contributed by atoms with E-state index in [1.807, 2.05) is 55.7 Å². The van der Waals surface area contributed by atoms with Gasteiger partial charge >= 0.3 is 0 Å². The van der Waals surface area contributed by atoms with Crippen molar-refractivity contribution in [1.29, 1.82) is 0 Å². The van der Waals surface area contributed by atoms with Gasteiger partial charge < -0.3 is 19.5 Å². The van der Waals surface area contributed by atoms with E-state index >= 15 is 0 Å². The Bertz CT molecular complexity index is 1190. The van der Waals surface area contributed by atoms with Gasteiger partial charge in [-0.1, -0.05) is 30.3 Å². The first kappa shape index (κ1) is 25.3. The molecule has 2 amide bonds. The summed E-state index contributed by atoms with van der Waals surface area (Å²) < 4.78 is 7.60. The van der Waals surface area contributed by atoms with E-state index in [9.17, 15) is 9.59 Å². The lowest BCUT2D eigenvalue weighted by atomic mass is 9.94. The van der Waals surface area contributed by atoms with Gasteiger partial charge in [0.2, 0.25) is 5.91 Å². The average molecular weight is 494 g/mol. The molecule has 0 spiro atoms. The highest BCUT2D eigenvalue weighted by Gasteiger charge is 2.47. The molecule has 7 heteroatoms. The number of carbonyl (C=O) groups excluding carboxylic acids is 2. The summed E-state index contributed by atoms with van der Waals surface area (Å²) in [6.07, 6.45) is 3.64. The Kier molecular flexibility index (Phi) is 7.87. The van der Waals surface area contributed by atoms with Crippen molar-refractivity contribution < 1.29 is 14.3 Å². The van der Waals surface area contributed by atoms with Gasteiger partial charge in [0, 0.05) is 35.5 Å². The summed E-state index contributed by atoms with van der Waals surface area (Å²) >= 11 is 1.71. The topological polar surface area (TPSA) is 63.6 Å². The fraction of sp³-hybridized carbons (Fsp3) is 0.429. The molecule has 0 unspecified atom stereocenters. The van der Waals surface area contributed by atoms with Crippen LogP contribution in [-0.2, 0) is 22.5 Å². The highest BCUT2D eigenvalue weighted by molar-refractivity contribution is 7.98. The first-order valence-electron chi connectivity index (χ1n) is 12.3. The number of nitrogens with zero attached hydrogens (tertiary/aromatic N) is 2. The second-order valence-corrected chi connectivity index (χ2v) is 10.4. The van der Waals surface area contributed by atoms with Gasteiger partial charge in [-0.3, -0.25) is 9.59 Å². The van der Waals surface area contributed by atoms with Gasteiger partial charge in [-0.2, -0.15) is 0 Å². The quantitative estimate of drug-likeness (QED) is 0.327. The van der Waals surface area contributed by atoms with Crippen molar-refractivity contribution in [3.05, 3.63) is 65.9 Å². The lowest BCUT2D eigenvalue weighted by Crippen LogP contribution is -2.64. The third-order valence-corrected chi connectivity index (χ3v) is 7.41. The van der Waals surface area contributed by atoms with Gasteiger partial charge in [0.05, 0.1) is 12.6 Å². The second kappa shape index (κ2) is 10.9. The number of benzene rings is 2. The molecule has 1 N–H and O–H groups in total. The van der Waals surface area contributed by atoms with Crippen LogP contribution in [0.4, 0.5) is 0 Å². The normalized spacial score (nSPS) is 17.7. The van der Waals surface area contributed by atoms with Crippen molar-refractivity contribution in [2.24, 2.45) is 0 Å². The maximum absolute atomic E-state index is 13.8. The minimum Gasteiger partial charge on any atom is -0.379 e. The van der Waals surface area contributed by atoms with E-state index in [-0.39, 0.29) is 17.9 Å². The largest absolute Gasteiger partial charge is 0.379 e. The van der Waals surface area contributed by atoms with Gasteiger partial charge in [-0.25, -0.2) is 0 Å². The van der Waals surface area contributed by atoms with Gasteiger partial charge in [0.15, 0.2) is 0 Å². The molecule has 1 aromatic heterocycles. The summed E-state index contributed by atoms with van der Waals surface area (Å²) in [6, 6.07) is 18.3. The molecule has 3 aromatic rings. The number of hydrogen-bond donors (Lipinski definition) is 1. The fourth-order valence-electron chi connectivity index (χ4n) is 4.67. The van der Waals surface area contributed by atoms with Crippen molar-refractivity contribution >= 4 is 34.5 Å². The number of nitrogens with one attached hydrogen (secondary N) is 1. The molecule has 1 aliphatic heterocycles. The zero-order chi connectivity index (χ0) is 25.0. The van der Waals surface area contributed by atoms with Gasteiger partial charge in [0.1, 0.15) is 11.2 Å². The maximum Gasteiger partial charge on any atom is 0.271 e. The van der Waals surface area contributed by atoms with E-state index in [0.717, 1.165) is 22.9 Å². The van der Waals surface area contributed by atoms with E-state index < -0.39 is 5.54 Å².